The molecule has 0 saturated heterocycles. The van der Waals surface area contributed by atoms with Gasteiger partial charge in [0.1, 0.15) is 18.2 Å². The van der Waals surface area contributed by atoms with Crippen molar-refractivity contribution in [3.8, 4) is 5.75 Å². The summed E-state index contributed by atoms with van der Waals surface area (Å²) in [7, 11) is 0. The van der Waals surface area contributed by atoms with Gasteiger partial charge in [-0.15, -0.1) is 0 Å². The predicted octanol–water partition coefficient (Wildman–Crippen LogP) is 3.66. The van der Waals surface area contributed by atoms with Crippen LogP contribution >= 0.6 is 11.6 Å². The molecule has 2 aromatic carbocycles. The Bertz CT molecular complexity index is 1010. The summed E-state index contributed by atoms with van der Waals surface area (Å²) in [5.74, 6) is -1.01. The molecule has 6 nitrogen and oxygen atoms in total. The molecule has 0 heterocycles. The van der Waals surface area contributed by atoms with Crippen LogP contribution in [0.25, 0.3) is 0 Å². The summed E-state index contributed by atoms with van der Waals surface area (Å²) >= 11 is 5.61. The van der Waals surface area contributed by atoms with Crippen LogP contribution in [-0.4, -0.2) is 30.6 Å². The van der Waals surface area contributed by atoms with Crippen LogP contribution in [0.15, 0.2) is 54.2 Å². The molecule has 0 bridgehead atoms. The zero-order valence-electron chi connectivity index (χ0n) is 17.3. The highest BCUT2D eigenvalue weighted by molar-refractivity contribution is 6.30. The molecule has 2 aromatic rings. The Labute approximate surface area is 185 Å². The molecule has 0 aromatic heterocycles. The first-order valence-corrected chi connectivity index (χ1v) is 10.1. The number of benzene rings is 2. The van der Waals surface area contributed by atoms with Crippen molar-refractivity contribution in [1.29, 1.82) is 0 Å². The Morgan fingerprint density at radius 1 is 1.16 bits per heavy atom. The number of amides is 2. The zero-order chi connectivity index (χ0) is 22.4. The van der Waals surface area contributed by atoms with Gasteiger partial charge in [0.2, 0.25) is 5.91 Å². The molecule has 1 aliphatic rings. The third-order valence-corrected chi connectivity index (χ3v) is 4.93. The highest BCUT2D eigenvalue weighted by Crippen LogP contribution is 2.28. The Balaban J connectivity index is 1.37. The number of hydrogen-bond acceptors (Lipinski definition) is 4. The second-order valence-corrected chi connectivity index (χ2v) is 8.11. The van der Waals surface area contributed by atoms with E-state index in [1.165, 1.54) is 12.1 Å². The SMILES string of the molecule is Cc1cccc(COCC(=O)NC2=CC(C)(NC(=O)COc3ccc(Cl)c(F)c3)C2)c1. The maximum Gasteiger partial charge on any atom is 0.258 e. The van der Waals surface area contributed by atoms with Crippen LogP contribution in [0.1, 0.15) is 24.5 Å². The molecule has 0 saturated carbocycles. The topological polar surface area (TPSA) is 76.7 Å². The largest absolute Gasteiger partial charge is 0.484 e. The van der Waals surface area contributed by atoms with Crippen molar-refractivity contribution in [3.05, 3.63) is 76.2 Å². The number of halogens is 2. The summed E-state index contributed by atoms with van der Waals surface area (Å²) in [6.45, 7) is 3.87. The van der Waals surface area contributed by atoms with Crippen molar-refractivity contribution in [2.24, 2.45) is 0 Å². The molecule has 2 amide bonds. The lowest BCUT2D eigenvalue weighted by Crippen LogP contribution is -2.53. The molecule has 0 aliphatic heterocycles. The van der Waals surface area contributed by atoms with E-state index >= 15 is 0 Å². The van der Waals surface area contributed by atoms with E-state index in [2.05, 4.69) is 10.6 Å². The lowest BCUT2D eigenvalue weighted by Gasteiger charge is -2.37. The summed E-state index contributed by atoms with van der Waals surface area (Å²) in [5.41, 5.74) is 2.27. The van der Waals surface area contributed by atoms with E-state index in [9.17, 15) is 14.0 Å². The third kappa shape index (κ3) is 6.80. The smallest absolute Gasteiger partial charge is 0.258 e. The average Bonchev–Trinajstić information content (AvgIpc) is 2.68. The van der Waals surface area contributed by atoms with Crippen molar-refractivity contribution >= 4 is 23.4 Å². The van der Waals surface area contributed by atoms with E-state index in [4.69, 9.17) is 21.1 Å². The van der Waals surface area contributed by atoms with Gasteiger partial charge in [0.05, 0.1) is 17.2 Å². The number of hydrogen-bond donors (Lipinski definition) is 2. The highest BCUT2D eigenvalue weighted by atomic mass is 35.5. The van der Waals surface area contributed by atoms with Crippen molar-refractivity contribution in [3.63, 3.8) is 0 Å². The normalized spacial score (nSPS) is 17.4. The minimum Gasteiger partial charge on any atom is -0.484 e. The summed E-state index contributed by atoms with van der Waals surface area (Å²) in [4.78, 5) is 24.1. The summed E-state index contributed by atoms with van der Waals surface area (Å²) in [6, 6.07) is 11.9. The fourth-order valence-electron chi connectivity index (χ4n) is 3.26. The molecule has 0 spiro atoms. The zero-order valence-corrected chi connectivity index (χ0v) is 18.1. The van der Waals surface area contributed by atoms with E-state index in [-0.39, 0.29) is 35.8 Å². The first-order valence-electron chi connectivity index (χ1n) is 9.76. The van der Waals surface area contributed by atoms with Crippen LogP contribution < -0.4 is 15.4 Å². The van der Waals surface area contributed by atoms with Gasteiger partial charge in [0.25, 0.3) is 5.91 Å². The lowest BCUT2D eigenvalue weighted by atomic mass is 9.84. The summed E-state index contributed by atoms with van der Waals surface area (Å²) in [6.07, 6.45) is 2.24. The fourth-order valence-corrected chi connectivity index (χ4v) is 3.38. The van der Waals surface area contributed by atoms with Crippen molar-refractivity contribution in [2.75, 3.05) is 13.2 Å². The molecule has 0 fully saturated rings. The monoisotopic (exact) mass is 446 g/mol. The minimum atomic E-state index is -0.614. The average molecular weight is 447 g/mol. The number of rotatable bonds is 9. The van der Waals surface area contributed by atoms with Gasteiger partial charge in [0, 0.05) is 18.2 Å². The standard InChI is InChI=1S/C23H24ClFN2O4/c1-15-4-3-5-16(8-15)12-30-13-21(28)26-17-10-23(2,11-17)27-22(29)14-31-18-6-7-19(24)20(25)9-18/h3-10H,11-14H2,1-2H3,(H,26,28)(H,27,29). The molecule has 2 N–H and O–H groups in total. The van der Waals surface area contributed by atoms with E-state index in [1.807, 2.05) is 38.1 Å². The van der Waals surface area contributed by atoms with Crippen LogP contribution in [-0.2, 0) is 20.9 Å². The first kappa shape index (κ1) is 22.8. The molecule has 31 heavy (non-hydrogen) atoms. The van der Waals surface area contributed by atoms with Gasteiger partial charge in [-0.1, -0.05) is 41.4 Å². The molecule has 3 rings (SSSR count). The van der Waals surface area contributed by atoms with Crippen LogP contribution in [0.5, 0.6) is 5.75 Å². The number of carbonyl (C=O) groups is 2. The third-order valence-electron chi connectivity index (χ3n) is 4.62. The number of carbonyl (C=O) groups excluding carboxylic acids is 2. The molecule has 164 valence electrons. The number of nitrogens with one attached hydrogen (secondary N) is 2. The van der Waals surface area contributed by atoms with E-state index < -0.39 is 11.4 Å². The maximum absolute atomic E-state index is 13.4. The summed E-state index contributed by atoms with van der Waals surface area (Å²) < 4.78 is 24.1. The van der Waals surface area contributed by atoms with Gasteiger partial charge in [-0.3, -0.25) is 9.59 Å². The molecule has 1 aliphatic carbocycles. The van der Waals surface area contributed by atoms with E-state index in [1.54, 1.807) is 6.08 Å². The van der Waals surface area contributed by atoms with Crippen molar-refractivity contribution in [1.82, 2.24) is 10.6 Å². The molecule has 8 heteroatoms. The quantitative estimate of drug-likeness (QED) is 0.616. The Morgan fingerprint density at radius 3 is 2.65 bits per heavy atom. The van der Waals surface area contributed by atoms with Crippen LogP contribution in [0.3, 0.4) is 0 Å². The van der Waals surface area contributed by atoms with Crippen LogP contribution in [0, 0.1) is 12.7 Å². The van der Waals surface area contributed by atoms with E-state index in [0.717, 1.165) is 17.2 Å². The Morgan fingerprint density at radius 2 is 1.94 bits per heavy atom. The van der Waals surface area contributed by atoms with Gasteiger partial charge < -0.3 is 20.1 Å². The van der Waals surface area contributed by atoms with Crippen LogP contribution in [0.2, 0.25) is 5.02 Å². The van der Waals surface area contributed by atoms with Crippen LogP contribution in [0.4, 0.5) is 4.39 Å². The first-order chi connectivity index (χ1) is 14.7. The van der Waals surface area contributed by atoms with Gasteiger partial charge in [-0.05, 0) is 37.6 Å². The van der Waals surface area contributed by atoms with Gasteiger partial charge in [0.15, 0.2) is 6.61 Å². The molecular formula is C23H24ClFN2O4. The van der Waals surface area contributed by atoms with Gasteiger partial charge >= 0.3 is 0 Å². The number of ether oxygens (including phenoxy) is 2. The Kier molecular flexibility index (Phi) is 7.30. The minimum absolute atomic E-state index is 0.0148. The Hall–Kier alpha value is -2.90. The lowest BCUT2D eigenvalue weighted by molar-refractivity contribution is -0.125. The van der Waals surface area contributed by atoms with Gasteiger partial charge in [-0.2, -0.15) is 0 Å². The van der Waals surface area contributed by atoms with Crippen molar-refractivity contribution in [2.45, 2.75) is 32.4 Å². The second kappa shape index (κ2) is 9.94. The fraction of sp³-hybridized carbons (Fsp3) is 0.304. The molecule has 1 unspecified atom stereocenters. The molecular weight excluding hydrogens is 423 g/mol. The van der Waals surface area contributed by atoms with Gasteiger partial charge in [-0.25, -0.2) is 4.39 Å². The maximum atomic E-state index is 13.4. The number of aryl methyl sites for hydroxylation is 1. The highest BCUT2D eigenvalue weighted by Gasteiger charge is 2.34. The predicted molar refractivity (Wildman–Crippen MR) is 115 cm³/mol. The molecule has 0 radical (unpaired) electrons. The second-order valence-electron chi connectivity index (χ2n) is 7.71. The van der Waals surface area contributed by atoms with E-state index in [0.29, 0.717) is 18.7 Å². The van der Waals surface area contributed by atoms with Crippen molar-refractivity contribution < 1.29 is 23.5 Å². The summed E-state index contributed by atoms with van der Waals surface area (Å²) in [5, 5.41) is 5.58. The molecule has 1 atom stereocenters.